The van der Waals surface area contributed by atoms with Crippen molar-refractivity contribution in [2.45, 2.75) is 53.2 Å². The topological polar surface area (TPSA) is 29.9 Å². The number of hydrogen-bond acceptors (Lipinski definition) is 2. The van der Waals surface area contributed by atoms with Gasteiger partial charge in [0.15, 0.2) is 0 Å². The van der Waals surface area contributed by atoms with Crippen LogP contribution in [-0.2, 0) is 13.1 Å². The molecule has 0 spiro atoms. The Morgan fingerprint density at radius 2 is 1.86 bits per heavy atom. The fraction of sp³-hybridized carbons (Fsp3) is 0.471. The molecular weight excluding hydrogens is 265 g/mol. The smallest absolute Gasteiger partial charge is 0.128 e. The van der Waals surface area contributed by atoms with Crippen molar-refractivity contribution < 1.29 is 4.39 Å². The maximum absolute atomic E-state index is 13.8. The summed E-state index contributed by atoms with van der Waals surface area (Å²) in [4.78, 5) is 0. The van der Waals surface area contributed by atoms with E-state index < -0.39 is 0 Å². The Balaban J connectivity index is 2.21. The molecule has 2 aromatic rings. The lowest BCUT2D eigenvalue weighted by Crippen LogP contribution is -2.35. The first-order valence-corrected chi connectivity index (χ1v) is 7.29. The van der Waals surface area contributed by atoms with Gasteiger partial charge in [0.05, 0.1) is 12.2 Å². The molecule has 0 aliphatic rings. The molecule has 1 N–H and O–H groups in total. The van der Waals surface area contributed by atoms with E-state index in [2.05, 4.69) is 31.2 Å². The highest BCUT2D eigenvalue weighted by Gasteiger charge is 2.15. The van der Waals surface area contributed by atoms with Crippen molar-refractivity contribution in [2.24, 2.45) is 0 Å². The van der Waals surface area contributed by atoms with Crippen molar-refractivity contribution >= 4 is 0 Å². The molecule has 1 aromatic carbocycles. The summed E-state index contributed by atoms with van der Waals surface area (Å²) in [7, 11) is 0. The Kier molecular flexibility index (Phi) is 4.47. The molecule has 0 saturated carbocycles. The van der Waals surface area contributed by atoms with Gasteiger partial charge in [0.2, 0.25) is 0 Å². The molecular formula is C17H24FN3. The Morgan fingerprint density at radius 3 is 2.48 bits per heavy atom. The molecule has 114 valence electrons. The molecule has 0 bridgehead atoms. The number of hydrogen-bond donors (Lipinski definition) is 1. The van der Waals surface area contributed by atoms with Gasteiger partial charge in [-0.05, 0) is 40.7 Å². The lowest BCUT2D eigenvalue weighted by Gasteiger charge is -2.20. The largest absolute Gasteiger partial charge is 0.308 e. The summed E-state index contributed by atoms with van der Waals surface area (Å²) in [5.74, 6) is -0.181. The van der Waals surface area contributed by atoms with Crippen molar-refractivity contribution in [3.63, 3.8) is 0 Å². The molecule has 4 heteroatoms. The minimum absolute atomic E-state index is 0.0620. The number of aryl methyl sites for hydroxylation is 1. The van der Waals surface area contributed by atoms with Crippen molar-refractivity contribution in [3.8, 4) is 0 Å². The zero-order chi connectivity index (χ0) is 15.6. The fourth-order valence-corrected chi connectivity index (χ4v) is 2.29. The first-order chi connectivity index (χ1) is 9.78. The maximum Gasteiger partial charge on any atom is 0.128 e. The van der Waals surface area contributed by atoms with Gasteiger partial charge in [-0.1, -0.05) is 18.2 Å². The van der Waals surface area contributed by atoms with Crippen LogP contribution in [0.4, 0.5) is 4.39 Å². The van der Waals surface area contributed by atoms with Crippen LogP contribution in [0.25, 0.3) is 0 Å². The number of nitrogens with zero attached hydrogens (tertiary/aromatic N) is 2. The SMILES string of the molecule is Cc1nn(Cc2ccccc2F)c(C)c1CNC(C)(C)C. The summed E-state index contributed by atoms with van der Waals surface area (Å²) in [5, 5.41) is 8.04. The third-order valence-corrected chi connectivity index (χ3v) is 3.60. The van der Waals surface area contributed by atoms with Gasteiger partial charge in [0.25, 0.3) is 0 Å². The van der Waals surface area contributed by atoms with Crippen LogP contribution < -0.4 is 5.32 Å². The molecule has 0 aliphatic heterocycles. The van der Waals surface area contributed by atoms with Crippen LogP contribution >= 0.6 is 0 Å². The van der Waals surface area contributed by atoms with Crippen molar-refractivity contribution in [1.82, 2.24) is 15.1 Å². The summed E-state index contributed by atoms with van der Waals surface area (Å²) in [6.45, 7) is 11.7. The summed E-state index contributed by atoms with van der Waals surface area (Å²) < 4.78 is 15.6. The zero-order valence-electron chi connectivity index (χ0n) is 13.5. The van der Waals surface area contributed by atoms with Gasteiger partial charge < -0.3 is 5.32 Å². The van der Waals surface area contributed by atoms with Crippen molar-refractivity contribution in [2.75, 3.05) is 0 Å². The summed E-state index contributed by atoms with van der Waals surface area (Å²) in [6.07, 6.45) is 0. The number of nitrogens with one attached hydrogen (secondary N) is 1. The van der Waals surface area contributed by atoms with E-state index in [1.807, 2.05) is 24.6 Å². The molecule has 0 amide bonds. The van der Waals surface area contributed by atoms with Crippen molar-refractivity contribution in [1.29, 1.82) is 0 Å². The zero-order valence-corrected chi connectivity index (χ0v) is 13.5. The first-order valence-electron chi connectivity index (χ1n) is 7.29. The second-order valence-corrected chi connectivity index (χ2v) is 6.50. The predicted octanol–water partition coefficient (Wildman–Crippen LogP) is 3.58. The summed E-state index contributed by atoms with van der Waals surface area (Å²) in [6, 6.07) is 6.85. The van der Waals surface area contributed by atoms with Crippen LogP contribution in [0.5, 0.6) is 0 Å². The number of halogens is 1. The summed E-state index contributed by atoms with van der Waals surface area (Å²) >= 11 is 0. The standard InChI is InChI=1S/C17H24FN3/c1-12-15(10-19-17(3,4)5)13(2)21(20-12)11-14-8-6-7-9-16(14)18/h6-9,19H,10-11H2,1-5H3. The third kappa shape index (κ3) is 3.91. The van der Waals surface area contributed by atoms with E-state index in [9.17, 15) is 4.39 Å². The van der Waals surface area contributed by atoms with E-state index >= 15 is 0 Å². The van der Waals surface area contributed by atoms with E-state index in [0.29, 0.717) is 12.1 Å². The first kappa shape index (κ1) is 15.7. The van der Waals surface area contributed by atoms with Crippen LogP contribution in [0, 0.1) is 19.7 Å². The average molecular weight is 289 g/mol. The Bertz CT molecular complexity index is 623. The Morgan fingerprint density at radius 1 is 1.19 bits per heavy atom. The van der Waals surface area contributed by atoms with Gasteiger partial charge in [-0.25, -0.2) is 4.39 Å². The normalized spacial score (nSPS) is 11.9. The minimum Gasteiger partial charge on any atom is -0.308 e. The van der Waals surface area contributed by atoms with Gasteiger partial charge in [-0.15, -0.1) is 0 Å². The average Bonchev–Trinajstić information content (AvgIpc) is 2.64. The summed E-state index contributed by atoms with van der Waals surface area (Å²) in [5.41, 5.74) is 4.01. The van der Waals surface area contributed by atoms with Gasteiger partial charge in [0, 0.05) is 28.9 Å². The molecule has 21 heavy (non-hydrogen) atoms. The van der Waals surface area contributed by atoms with Gasteiger partial charge in [-0.3, -0.25) is 4.68 Å². The molecule has 1 aromatic heterocycles. The van der Waals surface area contributed by atoms with E-state index in [1.165, 1.54) is 11.6 Å². The second-order valence-electron chi connectivity index (χ2n) is 6.50. The lowest BCUT2D eigenvalue weighted by molar-refractivity contribution is 0.423. The molecule has 3 nitrogen and oxygen atoms in total. The van der Waals surface area contributed by atoms with Crippen molar-refractivity contribution in [3.05, 3.63) is 52.6 Å². The highest BCUT2D eigenvalue weighted by Crippen LogP contribution is 2.17. The molecule has 2 rings (SSSR count). The molecule has 1 heterocycles. The van der Waals surface area contributed by atoms with Crippen LogP contribution in [0.3, 0.4) is 0 Å². The van der Waals surface area contributed by atoms with Gasteiger partial charge in [0.1, 0.15) is 5.82 Å². The minimum atomic E-state index is -0.181. The lowest BCUT2D eigenvalue weighted by atomic mass is 10.1. The highest BCUT2D eigenvalue weighted by atomic mass is 19.1. The van der Waals surface area contributed by atoms with Crippen LogP contribution in [0.2, 0.25) is 0 Å². The second kappa shape index (κ2) is 5.98. The third-order valence-electron chi connectivity index (χ3n) is 3.60. The number of rotatable bonds is 4. The molecule has 0 radical (unpaired) electrons. The maximum atomic E-state index is 13.8. The Labute approximate surface area is 126 Å². The molecule has 0 aliphatic carbocycles. The van der Waals surface area contributed by atoms with E-state index in [0.717, 1.165) is 17.9 Å². The van der Waals surface area contributed by atoms with E-state index in [4.69, 9.17) is 0 Å². The van der Waals surface area contributed by atoms with Gasteiger partial charge in [-0.2, -0.15) is 5.10 Å². The highest BCUT2D eigenvalue weighted by molar-refractivity contribution is 5.26. The van der Waals surface area contributed by atoms with Crippen LogP contribution in [-0.4, -0.2) is 15.3 Å². The van der Waals surface area contributed by atoms with Crippen LogP contribution in [0.1, 0.15) is 43.3 Å². The number of benzene rings is 1. The van der Waals surface area contributed by atoms with Gasteiger partial charge >= 0.3 is 0 Å². The molecule has 0 unspecified atom stereocenters. The van der Waals surface area contributed by atoms with E-state index in [-0.39, 0.29) is 11.4 Å². The fourth-order valence-electron chi connectivity index (χ4n) is 2.29. The predicted molar refractivity (Wildman–Crippen MR) is 83.8 cm³/mol. The molecule has 0 saturated heterocycles. The monoisotopic (exact) mass is 289 g/mol. The number of aromatic nitrogens is 2. The molecule has 0 fully saturated rings. The van der Waals surface area contributed by atoms with E-state index in [1.54, 1.807) is 12.1 Å². The Hall–Kier alpha value is -1.68. The quantitative estimate of drug-likeness (QED) is 0.932. The molecule has 0 atom stereocenters. The van der Waals surface area contributed by atoms with Crippen LogP contribution in [0.15, 0.2) is 24.3 Å².